The molecule has 2 aromatic rings. The Kier molecular flexibility index (Phi) is 7.41. The van der Waals surface area contributed by atoms with Gasteiger partial charge >= 0.3 is 0 Å². The lowest BCUT2D eigenvalue weighted by Gasteiger charge is -2.22. The maximum absolute atomic E-state index is 13.1. The van der Waals surface area contributed by atoms with Gasteiger partial charge in [0, 0.05) is 36.6 Å². The lowest BCUT2D eigenvalue weighted by Crippen LogP contribution is -2.29. The van der Waals surface area contributed by atoms with E-state index in [1.165, 1.54) is 24.3 Å². The number of halogens is 1. The number of benzene rings is 2. The fourth-order valence-electron chi connectivity index (χ4n) is 3.53. The Morgan fingerprint density at radius 1 is 1.03 bits per heavy atom. The normalized spacial score (nSPS) is 13.5. The molecule has 0 spiro atoms. The molecule has 2 amide bonds. The largest absolute Gasteiger partial charge is 0.371 e. The van der Waals surface area contributed by atoms with Gasteiger partial charge < -0.3 is 20.4 Å². The first-order valence-corrected chi connectivity index (χ1v) is 10.3. The van der Waals surface area contributed by atoms with Gasteiger partial charge in [-0.1, -0.05) is 0 Å². The molecule has 0 saturated carbocycles. The lowest BCUT2D eigenvalue weighted by molar-refractivity contribution is 0.0951. The van der Waals surface area contributed by atoms with Crippen LogP contribution in [-0.2, 0) is 0 Å². The molecule has 6 nitrogen and oxygen atoms in total. The lowest BCUT2D eigenvalue weighted by atomic mass is 10.1. The summed E-state index contributed by atoms with van der Waals surface area (Å²) >= 11 is 0. The number of amides is 2. The van der Waals surface area contributed by atoms with Gasteiger partial charge in [0.2, 0.25) is 0 Å². The van der Waals surface area contributed by atoms with E-state index in [1.807, 2.05) is 20.2 Å². The van der Waals surface area contributed by atoms with E-state index in [2.05, 4.69) is 20.4 Å². The number of carbonyl (C=O) groups is 2. The fourth-order valence-corrected chi connectivity index (χ4v) is 3.53. The minimum Gasteiger partial charge on any atom is -0.371 e. The van der Waals surface area contributed by atoms with Gasteiger partial charge in [-0.05, 0) is 82.4 Å². The maximum atomic E-state index is 13.1. The highest BCUT2D eigenvalue weighted by Crippen LogP contribution is 2.28. The van der Waals surface area contributed by atoms with Crippen molar-refractivity contribution in [2.24, 2.45) is 0 Å². The highest BCUT2D eigenvalue weighted by molar-refractivity contribution is 6.06. The second kappa shape index (κ2) is 10.2. The number of hydrogen-bond donors (Lipinski definition) is 2. The molecular weight excluding hydrogens is 383 g/mol. The Balaban J connectivity index is 1.76. The van der Waals surface area contributed by atoms with E-state index in [9.17, 15) is 14.0 Å². The van der Waals surface area contributed by atoms with Gasteiger partial charge in [-0.15, -0.1) is 0 Å². The zero-order valence-electron chi connectivity index (χ0n) is 17.6. The maximum Gasteiger partial charge on any atom is 0.255 e. The molecule has 160 valence electrons. The van der Waals surface area contributed by atoms with Gasteiger partial charge in [0.15, 0.2) is 0 Å². The first-order valence-electron chi connectivity index (χ1n) is 10.3. The highest BCUT2D eigenvalue weighted by Gasteiger charge is 2.20. The van der Waals surface area contributed by atoms with Crippen LogP contribution in [0.4, 0.5) is 15.8 Å². The number of carbonyl (C=O) groups excluding carboxylic acids is 2. The molecule has 0 aliphatic carbocycles. The van der Waals surface area contributed by atoms with Crippen molar-refractivity contribution in [3.63, 3.8) is 0 Å². The summed E-state index contributed by atoms with van der Waals surface area (Å²) < 4.78 is 13.1. The molecule has 0 atom stereocenters. The number of rotatable bonds is 8. The first-order chi connectivity index (χ1) is 14.4. The molecule has 0 unspecified atom stereocenters. The van der Waals surface area contributed by atoms with Crippen molar-refractivity contribution >= 4 is 23.2 Å². The van der Waals surface area contributed by atoms with E-state index in [0.29, 0.717) is 23.4 Å². The molecule has 1 heterocycles. The molecule has 2 aromatic carbocycles. The van der Waals surface area contributed by atoms with Crippen LogP contribution in [0.25, 0.3) is 0 Å². The Bertz CT molecular complexity index is 877. The standard InChI is InChI=1S/C23H29FN4O2/c1-27(2)13-5-12-25-23(30)20-16-19(10-11-21(20)28-14-3-4-15-28)26-22(29)17-6-8-18(24)9-7-17/h6-11,16H,3-5,12-15H2,1-2H3,(H,25,30)(H,26,29). The van der Waals surface area contributed by atoms with Crippen molar-refractivity contribution in [3.05, 3.63) is 59.4 Å². The van der Waals surface area contributed by atoms with Gasteiger partial charge in [0.25, 0.3) is 11.8 Å². The van der Waals surface area contributed by atoms with Crippen molar-refractivity contribution in [2.45, 2.75) is 19.3 Å². The predicted octanol–water partition coefficient (Wildman–Crippen LogP) is 3.36. The Morgan fingerprint density at radius 3 is 2.40 bits per heavy atom. The second-order valence-corrected chi connectivity index (χ2v) is 7.80. The third-order valence-electron chi connectivity index (χ3n) is 5.12. The van der Waals surface area contributed by atoms with E-state index in [0.717, 1.165) is 44.6 Å². The van der Waals surface area contributed by atoms with Gasteiger partial charge in [0.1, 0.15) is 5.82 Å². The molecule has 1 aliphatic rings. The Hall–Kier alpha value is -2.93. The second-order valence-electron chi connectivity index (χ2n) is 7.80. The minimum absolute atomic E-state index is 0.145. The quantitative estimate of drug-likeness (QED) is 0.653. The average Bonchev–Trinajstić information content (AvgIpc) is 3.26. The molecule has 0 bridgehead atoms. The number of anilines is 2. The summed E-state index contributed by atoms with van der Waals surface area (Å²) in [5, 5.41) is 5.80. The van der Waals surface area contributed by atoms with Gasteiger partial charge in [-0.2, -0.15) is 0 Å². The van der Waals surface area contributed by atoms with Gasteiger partial charge in [-0.25, -0.2) is 4.39 Å². The average molecular weight is 413 g/mol. The third kappa shape index (κ3) is 5.79. The fraction of sp³-hybridized carbons (Fsp3) is 0.391. The zero-order valence-corrected chi connectivity index (χ0v) is 17.6. The smallest absolute Gasteiger partial charge is 0.255 e. The summed E-state index contributed by atoms with van der Waals surface area (Å²) in [7, 11) is 4.00. The van der Waals surface area contributed by atoms with Crippen molar-refractivity contribution in [2.75, 3.05) is 50.5 Å². The van der Waals surface area contributed by atoms with Crippen LogP contribution in [0, 0.1) is 5.82 Å². The van der Waals surface area contributed by atoms with E-state index in [4.69, 9.17) is 0 Å². The van der Waals surface area contributed by atoms with E-state index < -0.39 is 5.82 Å². The zero-order chi connectivity index (χ0) is 21.5. The summed E-state index contributed by atoms with van der Waals surface area (Å²) in [5.41, 5.74) is 2.33. The van der Waals surface area contributed by atoms with E-state index in [1.54, 1.807) is 12.1 Å². The van der Waals surface area contributed by atoms with Crippen LogP contribution in [0.1, 0.15) is 40.0 Å². The summed E-state index contributed by atoms with van der Waals surface area (Å²) in [6.45, 7) is 3.32. The summed E-state index contributed by atoms with van der Waals surface area (Å²) in [6.07, 6.45) is 3.07. The molecule has 0 radical (unpaired) electrons. The number of hydrogen-bond acceptors (Lipinski definition) is 4. The highest BCUT2D eigenvalue weighted by atomic mass is 19.1. The minimum atomic E-state index is -0.394. The molecule has 30 heavy (non-hydrogen) atoms. The molecule has 7 heteroatoms. The van der Waals surface area contributed by atoms with Crippen LogP contribution in [0.2, 0.25) is 0 Å². The van der Waals surface area contributed by atoms with E-state index >= 15 is 0 Å². The van der Waals surface area contributed by atoms with Crippen LogP contribution in [0.3, 0.4) is 0 Å². The molecule has 0 aromatic heterocycles. The molecule has 1 aliphatic heterocycles. The van der Waals surface area contributed by atoms with Crippen molar-refractivity contribution < 1.29 is 14.0 Å². The van der Waals surface area contributed by atoms with Crippen molar-refractivity contribution in [1.29, 1.82) is 0 Å². The van der Waals surface area contributed by atoms with Crippen LogP contribution in [-0.4, -0.2) is 57.0 Å². The summed E-state index contributed by atoms with van der Waals surface area (Å²) in [5.74, 6) is -0.885. The molecule has 2 N–H and O–H groups in total. The monoisotopic (exact) mass is 412 g/mol. The number of nitrogens with one attached hydrogen (secondary N) is 2. The van der Waals surface area contributed by atoms with Gasteiger partial charge in [-0.3, -0.25) is 9.59 Å². The summed E-state index contributed by atoms with van der Waals surface area (Å²) in [6, 6.07) is 10.8. The van der Waals surface area contributed by atoms with Crippen LogP contribution in [0.5, 0.6) is 0 Å². The SMILES string of the molecule is CN(C)CCCNC(=O)c1cc(NC(=O)c2ccc(F)cc2)ccc1N1CCCC1. The number of nitrogens with zero attached hydrogens (tertiary/aromatic N) is 2. The molecule has 3 rings (SSSR count). The Labute approximate surface area is 177 Å². The van der Waals surface area contributed by atoms with E-state index in [-0.39, 0.29) is 11.8 Å². The summed E-state index contributed by atoms with van der Waals surface area (Å²) in [4.78, 5) is 29.7. The van der Waals surface area contributed by atoms with Crippen molar-refractivity contribution in [3.8, 4) is 0 Å². The predicted molar refractivity (Wildman–Crippen MR) is 118 cm³/mol. The van der Waals surface area contributed by atoms with Crippen molar-refractivity contribution in [1.82, 2.24) is 10.2 Å². The molecular formula is C23H29FN4O2. The Morgan fingerprint density at radius 2 is 1.73 bits per heavy atom. The molecule has 1 fully saturated rings. The molecule has 1 saturated heterocycles. The van der Waals surface area contributed by atoms with Crippen LogP contribution in [0.15, 0.2) is 42.5 Å². The third-order valence-corrected chi connectivity index (χ3v) is 5.12. The van der Waals surface area contributed by atoms with Gasteiger partial charge in [0.05, 0.1) is 5.56 Å². The van der Waals surface area contributed by atoms with Crippen LogP contribution >= 0.6 is 0 Å². The topological polar surface area (TPSA) is 64.7 Å². The van der Waals surface area contributed by atoms with Crippen LogP contribution < -0.4 is 15.5 Å². The first kappa shape index (κ1) is 21.8.